The smallest absolute Gasteiger partial charge is 0.277 e. The van der Waals surface area contributed by atoms with Crippen molar-refractivity contribution in [2.75, 3.05) is 6.61 Å². The van der Waals surface area contributed by atoms with E-state index in [0.717, 1.165) is 40.6 Å². The Hall–Kier alpha value is -3.86. The number of aryl methyl sites for hydroxylation is 1. The number of fused-ring (bicyclic) bond motifs is 1. The molecular formula is C26H25N3O2. The Morgan fingerprint density at radius 3 is 2.52 bits per heavy atom. The lowest BCUT2D eigenvalue weighted by Gasteiger charge is -2.06. The maximum Gasteiger partial charge on any atom is 0.277 e. The predicted molar refractivity (Wildman–Crippen MR) is 125 cm³/mol. The molecule has 0 unspecified atom stereocenters. The molecule has 0 bridgehead atoms. The zero-order chi connectivity index (χ0) is 21.5. The van der Waals surface area contributed by atoms with Gasteiger partial charge in [0.2, 0.25) is 0 Å². The number of H-pyrrole nitrogens is 1. The quantitative estimate of drug-likeness (QED) is 0.304. The largest absolute Gasteiger partial charge is 0.484 e. The lowest BCUT2D eigenvalue weighted by molar-refractivity contribution is -0.123. The molecule has 4 aromatic rings. The van der Waals surface area contributed by atoms with Crippen molar-refractivity contribution in [3.05, 3.63) is 90.0 Å². The summed E-state index contributed by atoms with van der Waals surface area (Å²) >= 11 is 0. The molecule has 0 atom stereocenters. The fraction of sp³-hybridized carbons (Fsp3) is 0.154. The van der Waals surface area contributed by atoms with Crippen LogP contribution >= 0.6 is 0 Å². The summed E-state index contributed by atoms with van der Waals surface area (Å²) in [5.74, 6) is 0.358. The lowest BCUT2D eigenvalue weighted by Crippen LogP contribution is -2.24. The molecule has 0 aliphatic rings. The van der Waals surface area contributed by atoms with Crippen LogP contribution in [0, 0.1) is 0 Å². The summed E-state index contributed by atoms with van der Waals surface area (Å²) in [6.07, 6.45) is 3.82. The Bertz CT molecular complexity index is 1180. The van der Waals surface area contributed by atoms with E-state index in [1.165, 1.54) is 5.56 Å². The van der Waals surface area contributed by atoms with Crippen molar-refractivity contribution < 1.29 is 9.53 Å². The maximum absolute atomic E-state index is 12.2. The Labute approximate surface area is 181 Å². The van der Waals surface area contributed by atoms with E-state index in [9.17, 15) is 4.79 Å². The predicted octanol–water partition coefficient (Wildman–Crippen LogP) is 5.32. The summed E-state index contributed by atoms with van der Waals surface area (Å²) in [6, 6.07) is 25.9. The molecule has 31 heavy (non-hydrogen) atoms. The third-order valence-electron chi connectivity index (χ3n) is 5.02. The number of para-hydroxylation sites is 1. The van der Waals surface area contributed by atoms with Crippen molar-refractivity contribution in [1.29, 1.82) is 0 Å². The van der Waals surface area contributed by atoms with Crippen LogP contribution < -0.4 is 10.2 Å². The number of hydrogen-bond donors (Lipinski definition) is 2. The minimum absolute atomic E-state index is 0.0934. The molecule has 0 aliphatic carbocycles. The zero-order valence-corrected chi connectivity index (χ0v) is 17.5. The molecule has 0 saturated carbocycles. The first-order chi connectivity index (χ1) is 15.2. The van der Waals surface area contributed by atoms with Gasteiger partial charge in [0.05, 0.1) is 11.9 Å². The third-order valence-corrected chi connectivity index (χ3v) is 5.02. The number of nitrogens with zero attached hydrogens (tertiary/aromatic N) is 1. The third kappa shape index (κ3) is 5.01. The molecule has 0 fully saturated rings. The summed E-state index contributed by atoms with van der Waals surface area (Å²) in [6.45, 7) is 2.05. The van der Waals surface area contributed by atoms with Crippen LogP contribution in [0.25, 0.3) is 22.2 Å². The van der Waals surface area contributed by atoms with E-state index in [-0.39, 0.29) is 12.5 Å². The highest BCUT2D eigenvalue weighted by atomic mass is 16.5. The van der Waals surface area contributed by atoms with Crippen LogP contribution in [0.3, 0.4) is 0 Å². The standard InChI is InChI=1S/C26H25N3O2/c1-2-8-19-13-15-21(16-14-19)31-18-25(30)29-27-17-23-22-11-6-7-12-24(22)28-26(23)20-9-4-3-5-10-20/h3-7,9-17,28H,2,8,18H2,1H3,(H,29,30)/b27-17-. The maximum atomic E-state index is 12.2. The van der Waals surface area contributed by atoms with Gasteiger partial charge in [-0.1, -0.05) is 74.0 Å². The first-order valence-electron chi connectivity index (χ1n) is 10.4. The van der Waals surface area contributed by atoms with Crippen molar-refractivity contribution >= 4 is 23.0 Å². The molecule has 1 aromatic heterocycles. The fourth-order valence-corrected chi connectivity index (χ4v) is 3.52. The molecule has 4 rings (SSSR count). The van der Waals surface area contributed by atoms with E-state index in [1.54, 1.807) is 6.21 Å². The second kappa shape index (κ2) is 9.76. The van der Waals surface area contributed by atoms with Crippen molar-refractivity contribution in [3.8, 4) is 17.0 Å². The van der Waals surface area contributed by atoms with Gasteiger partial charge in [-0.3, -0.25) is 4.79 Å². The first kappa shape index (κ1) is 20.4. The van der Waals surface area contributed by atoms with E-state index in [2.05, 4.69) is 22.4 Å². The number of hydrogen-bond acceptors (Lipinski definition) is 3. The minimum Gasteiger partial charge on any atom is -0.484 e. The van der Waals surface area contributed by atoms with Crippen LogP contribution in [0.15, 0.2) is 84.0 Å². The number of nitrogens with one attached hydrogen (secondary N) is 2. The van der Waals surface area contributed by atoms with Gasteiger partial charge in [-0.2, -0.15) is 5.10 Å². The lowest BCUT2D eigenvalue weighted by atomic mass is 10.1. The molecule has 0 spiro atoms. The molecule has 3 aromatic carbocycles. The number of benzene rings is 3. The highest BCUT2D eigenvalue weighted by molar-refractivity contribution is 6.06. The molecule has 156 valence electrons. The second-order valence-corrected chi connectivity index (χ2v) is 7.30. The molecule has 0 radical (unpaired) electrons. The topological polar surface area (TPSA) is 66.5 Å². The Balaban J connectivity index is 1.43. The summed E-state index contributed by atoms with van der Waals surface area (Å²) in [5, 5.41) is 5.22. The van der Waals surface area contributed by atoms with Gasteiger partial charge in [0, 0.05) is 16.5 Å². The van der Waals surface area contributed by atoms with Crippen LogP contribution in [0.1, 0.15) is 24.5 Å². The molecule has 2 N–H and O–H groups in total. The number of amides is 1. The van der Waals surface area contributed by atoms with Gasteiger partial charge >= 0.3 is 0 Å². The zero-order valence-electron chi connectivity index (χ0n) is 17.5. The summed E-state index contributed by atoms with van der Waals surface area (Å²) < 4.78 is 5.56. The van der Waals surface area contributed by atoms with Crippen molar-refractivity contribution in [1.82, 2.24) is 10.4 Å². The van der Waals surface area contributed by atoms with Gasteiger partial charge in [-0.05, 0) is 35.7 Å². The molecule has 1 heterocycles. The number of hydrazone groups is 1. The molecule has 5 heteroatoms. The van der Waals surface area contributed by atoms with Gasteiger partial charge in [0.25, 0.3) is 5.91 Å². The Kier molecular flexibility index (Phi) is 6.43. The van der Waals surface area contributed by atoms with E-state index < -0.39 is 0 Å². The van der Waals surface area contributed by atoms with Gasteiger partial charge in [0.1, 0.15) is 5.75 Å². The molecule has 0 saturated heterocycles. The fourth-order valence-electron chi connectivity index (χ4n) is 3.52. The van der Waals surface area contributed by atoms with E-state index in [4.69, 9.17) is 4.74 Å². The van der Waals surface area contributed by atoms with Gasteiger partial charge in [0.15, 0.2) is 6.61 Å². The minimum atomic E-state index is -0.310. The second-order valence-electron chi connectivity index (χ2n) is 7.30. The number of rotatable bonds is 8. The van der Waals surface area contributed by atoms with Crippen LogP contribution in [-0.2, 0) is 11.2 Å². The van der Waals surface area contributed by atoms with Gasteiger partial charge < -0.3 is 9.72 Å². The van der Waals surface area contributed by atoms with Gasteiger partial charge in [-0.15, -0.1) is 0 Å². The summed E-state index contributed by atoms with van der Waals surface area (Å²) in [7, 11) is 0. The van der Waals surface area contributed by atoms with E-state index in [1.807, 2.05) is 78.9 Å². The van der Waals surface area contributed by atoms with Crippen LogP contribution in [0.2, 0.25) is 0 Å². The number of carbonyl (C=O) groups is 1. The van der Waals surface area contributed by atoms with E-state index >= 15 is 0 Å². The van der Waals surface area contributed by atoms with E-state index in [0.29, 0.717) is 5.75 Å². The van der Waals surface area contributed by atoms with Gasteiger partial charge in [-0.25, -0.2) is 5.43 Å². The Morgan fingerprint density at radius 1 is 1.00 bits per heavy atom. The molecule has 5 nitrogen and oxygen atoms in total. The van der Waals surface area contributed by atoms with Crippen molar-refractivity contribution in [2.24, 2.45) is 5.10 Å². The highest BCUT2D eigenvalue weighted by Gasteiger charge is 2.11. The Morgan fingerprint density at radius 2 is 1.74 bits per heavy atom. The monoisotopic (exact) mass is 411 g/mol. The van der Waals surface area contributed by atoms with Crippen molar-refractivity contribution in [3.63, 3.8) is 0 Å². The number of aromatic amines is 1. The number of carbonyl (C=O) groups excluding carboxylic acids is 1. The number of aromatic nitrogens is 1. The highest BCUT2D eigenvalue weighted by Crippen LogP contribution is 2.28. The molecular weight excluding hydrogens is 386 g/mol. The van der Waals surface area contributed by atoms with Crippen LogP contribution in [0.5, 0.6) is 5.75 Å². The number of ether oxygens (including phenoxy) is 1. The SMILES string of the molecule is CCCc1ccc(OCC(=O)N/N=C\c2c(-c3ccccc3)[nH]c3ccccc23)cc1. The molecule has 1 amide bonds. The average Bonchev–Trinajstić information content (AvgIpc) is 3.18. The average molecular weight is 412 g/mol. The normalized spacial score (nSPS) is 11.1. The first-order valence-corrected chi connectivity index (χ1v) is 10.4. The van der Waals surface area contributed by atoms with Crippen LogP contribution in [0.4, 0.5) is 0 Å². The summed E-state index contributed by atoms with van der Waals surface area (Å²) in [4.78, 5) is 15.6. The summed E-state index contributed by atoms with van der Waals surface area (Å²) in [5.41, 5.74) is 7.78. The molecule has 0 aliphatic heterocycles. The van der Waals surface area contributed by atoms with Crippen LogP contribution in [-0.4, -0.2) is 23.7 Å². The van der Waals surface area contributed by atoms with Crippen molar-refractivity contribution in [2.45, 2.75) is 19.8 Å².